The Bertz CT molecular complexity index is 1160. The van der Waals surface area contributed by atoms with Crippen molar-refractivity contribution in [2.24, 2.45) is 0 Å². The number of para-hydroxylation sites is 1. The molecule has 1 aliphatic rings. The lowest BCUT2D eigenvalue weighted by Gasteiger charge is -2.28. The van der Waals surface area contributed by atoms with E-state index in [2.05, 4.69) is 15.2 Å². The number of nitrogens with one attached hydrogen (secondary N) is 3. The fraction of sp³-hybridized carbons (Fsp3) is 0.182. The van der Waals surface area contributed by atoms with Crippen LogP contribution in [0.4, 0.5) is 25.8 Å². The van der Waals surface area contributed by atoms with Crippen molar-refractivity contribution in [3.8, 4) is 0 Å². The minimum atomic E-state index is -0.835. The number of aromatic nitrogens is 1. The van der Waals surface area contributed by atoms with Crippen molar-refractivity contribution in [2.75, 3.05) is 34.8 Å². The van der Waals surface area contributed by atoms with Gasteiger partial charge in [-0.2, -0.15) is 11.8 Å². The first-order chi connectivity index (χ1) is 15.0. The zero-order valence-corrected chi connectivity index (χ0v) is 17.9. The summed E-state index contributed by atoms with van der Waals surface area (Å²) in [6.45, 7) is 1.91. The van der Waals surface area contributed by atoms with Crippen LogP contribution in [0.25, 0.3) is 0 Å². The first-order valence-electron chi connectivity index (χ1n) is 9.60. The summed E-state index contributed by atoms with van der Waals surface area (Å²) in [5.74, 6) is 0.463. The van der Waals surface area contributed by atoms with Gasteiger partial charge in [-0.3, -0.25) is 10.2 Å². The molecule has 9 heteroatoms. The highest BCUT2D eigenvalue weighted by Gasteiger charge is 2.21. The Morgan fingerprint density at radius 1 is 1.06 bits per heavy atom. The second-order valence-electron chi connectivity index (χ2n) is 6.96. The molecule has 2 heterocycles. The van der Waals surface area contributed by atoms with Gasteiger partial charge < -0.3 is 15.2 Å². The van der Waals surface area contributed by atoms with Crippen molar-refractivity contribution >= 4 is 46.1 Å². The lowest BCUT2D eigenvalue weighted by Crippen LogP contribution is -2.32. The van der Waals surface area contributed by atoms with Gasteiger partial charge in [0.25, 0.3) is 5.56 Å². The first kappa shape index (κ1) is 21.4. The second-order valence-corrected chi connectivity index (χ2v) is 8.59. The van der Waals surface area contributed by atoms with E-state index < -0.39 is 22.9 Å². The highest BCUT2D eigenvalue weighted by Crippen LogP contribution is 2.31. The fourth-order valence-electron chi connectivity index (χ4n) is 3.41. The third kappa shape index (κ3) is 4.45. The van der Waals surface area contributed by atoms with E-state index in [4.69, 9.17) is 17.0 Å². The van der Waals surface area contributed by atoms with Gasteiger partial charge in [0, 0.05) is 42.0 Å². The van der Waals surface area contributed by atoms with Crippen LogP contribution in [-0.2, 0) is 0 Å². The van der Waals surface area contributed by atoms with E-state index in [0.29, 0.717) is 5.56 Å². The Kier molecular flexibility index (Phi) is 6.29. The van der Waals surface area contributed by atoms with Crippen LogP contribution in [-0.4, -0.2) is 35.3 Å². The lowest BCUT2D eigenvalue weighted by molar-refractivity contribution is 0.591. The summed E-state index contributed by atoms with van der Waals surface area (Å²) in [6.07, 6.45) is 1.22. The number of hydrogen-bond donors (Lipinski definition) is 3. The zero-order valence-electron chi connectivity index (χ0n) is 16.3. The van der Waals surface area contributed by atoms with Gasteiger partial charge in [-0.25, -0.2) is 8.78 Å². The molecular formula is C22H19ClF2N4OS. The molecule has 1 saturated heterocycles. The van der Waals surface area contributed by atoms with Crippen molar-refractivity contribution in [1.82, 2.24) is 4.98 Å². The molecule has 0 saturated carbocycles. The standard InChI is InChI=1S/C22H19ClF2N4OS/c23-15-12-27-22(30)18(20(15)28-21-16(24)2-1-3-17(21)25)19(26)13-4-6-14(7-5-13)29-8-10-31-11-9-29/h1-7,12,26H,8-11H2,(H2,27,28,30). The van der Waals surface area contributed by atoms with E-state index >= 15 is 0 Å². The largest absolute Gasteiger partial charge is 0.370 e. The van der Waals surface area contributed by atoms with Gasteiger partial charge in [-0.1, -0.05) is 29.8 Å². The van der Waals surface area contributed by atoms with Gasteiger partial charge in [0.15, 0.2) is 0 Å². The Labute approximate surface area is 186 Å². The summed E-state index contributed by atoms with van der Waals surface area (Å²) in [7, 11) is 0. The molecule has 5 nitrogen and oxygen atoms in total. The Morgan fingerprint density at radius 3 is 2.35 bits per heavy atom. The smallest absolute Gasteiger partial charge is 0.259 e. The SMILES string of the molecule is N=C(c1ccc(N2CCSCC2)cc1)c1c(Nc2c(F)cccc2F)c(Cl)c[nH]c1=O. The van der Waals surface area contributed by atoms with Crippen LogP contribution < -0.4 is 15.8 Å². The predicted octanol–water partition coefficient (Wildman–Crippen LogP) is 5.02. The van der Waals surface area contributed by atoms with Crippen molar-refractivity contribution in [2.45, 2.75) is 0 Å². The molecule has 0 radical (unpaired) electrons. The molecule has 0 atom stereocenters. The number of aromatic amines is 1. The van der Waals surface area contributed by atoms with Crippen LogP contribution in [0.2, 0.25) is 5.02 Å². The number of thioether (sulfide) groups is 1. The molecule has 2 aromatic carbocycles. The molecule has 3 aromatic rings. The summed E-state index contributed by atoms with van der Waals surface area (Å²) >= 11 is 8.15. The van der Waals surface area contributed by atoms with E-state index in [1.807, 2.05) is 23.9 Å². The van der Waals surface area contributed by atoms with E-state index in [1.165, 1.54) is 12.3 Å². The second kappa shape index (κ2) is 9.11. The van der Waals surface area contributed by atoms with Gasteiger partial charge in [-0.15, -0.1) is 0 Å². The van der Waals surface area contributed by atoms with Crippen LogP contribution in [0.5, 0.6) is 0 Å². The van der Waals surface area contributed by atoms with Crippen LogP contribution in [0.3, 0.4) is 0 Å². The minimum Gasteiger partial charge on any atom is -0.370 e. The lowest BCUT2D eigenvalue weighted by atomic mass is 10.0. The topological polar surface area (TPSA) is 72.0 Å². The van der Waals surface area contributed by atoms with Crippen LogP contribution in [0, 0.1) is 17.0 Å². The Hall–Kier alpha value is -2.84. The number of rotatable bonds is 5. The maximum absolute atomic E-state index is 14.2. The molecule has 4 rings (SSSR count). The van der Waals surface area contributed by atoms with Crippen LogP contribution in [0.15, 0.2) is 53.5 Å². The van der Waals surface area contributed by atoms with Crippen LogP contribution >= 0.6 is 23.4 Å². The molecule has 0 aliphatic carbocycles. The zero-order chi connectivity index (χ0) is 22.0. The van der Waals surface area contributed by atoms with Crippen molar-refractivity contribution < 1.29 is 8.78 Å². The molecule has 0 spiro atoms. The van der Waals surface area contributed by atoms with Gasteiger partial charge in [-0.05, 0) is 24.3 Å². The molecule has 0 unspecified atom stereocenters. The normalized spacial score (nSPS) is 13.8. The molecule has 31 heavy (non-hydrogen) atoms. The number of nitrogens with zero attached hydrogens (tertiary/aromatic N) is 1. The molecule has 3 N–H and O–H groups in total. The van der Waals surface area contributed by atoms with E-state index in [9.17, 15) is 13.6 Å². The summed E-state index contributed by atoms with van der Waals surface area (Å²) < 4.78 is 28.3. The molecule has 1 fully saturated rings. The maximum atomic E-state index is 14.2. The van der Waals surface area contributed by atoms with E-state index in [1.54, 1.807) is 12.1 Å². The third-order valence-corrected chi connectivity index (χ3v) is 6.28. The average Bonchev–Trinajstić information content (AvgIpc) is 2.79. The molecular weight excluding hydrogens is 442 g/mol. The summed E-state index contributed by atoms with van der Waals surface area (Å²) in [5.41, 5.74) is 0.259. The minimum absolute atomic E-state index is 0.0310. The number of hydrogen-bond acceptors (Lipinski definition) is 5. The molecule has 0 bridgehead atoms. The number of anilines is 3. The summed E-state index contributed by atoms with van der Waals surface area (Å²) in [5, 5.41) is 11.2. The number of halogens is 3. The predicted molar refractivity (Wildman–Crippen MR) is 124 cm³/mol. The number of H-pyrrole nitrogens is 1. The van der Waals surface area contributed by atoms with E-state index in [0.717, 1.165) is 42.4 Å². The highest BCUT2D eigenvalue weighted by molar-refractivity contribution is 7.99. The van der Waals surface area contributed by atoms with Crippen LogP contribution in [0.1, 0.15) is 11.1 Å². The number of pyridine rings is 1. The molecule has 160 valence electrons. The van der Waals surface area contributed by atoms with Gasteiger partial charge >= 0.3 is 0 Å². The monoisotopic (exact) mass is 460 g/mol. The van der Waals surface area contributed by atoms with Crippen molar-refractivity contribution in [3.63, 3.8) is 0 Å². The molecule has 0 amide bonds. The summed E-state index contributed by atoms with van der Waals surface area (Å²) in [4.78, 5) is 17.3. The Morgan fingerprint density at radius 2 is 1.71 bits per heavy atom. The van der Waals surface area contributed by atoms with Crippen molar-refractivity contribution in [1.29, 1.82) is 5.41 Å². The summed E-state index contributed by atoms with van der Waals surface area (Å²) in [6, 6.07) is 10.7. The fourth-order valence-corrected chi connectivity index (χ4v) is 4.51. The van der Waals surface area contributed by atoms with Gasteiger partial charge in [0.1, 0.15) is 17.3 Å². The Balaban J connectivity index is 1.70. The molecule has 1 aliphatic heterocycles. The van der Waals surface area contributed by atoms with E-state index in [-0.39, 0.29) is 22.0 Å². The van der Waals surface area contributed by atoms with Gasteiger partial charge in [0.2, 0.25) is 0 Å². The first-order valence-corrected chi connectivity index (χ1v) is 11.1. The average molecular weight is 461 g/mol. The maximum Gasteiger partial charge on any atom is 0.259 e. The highest BCUT2D eigenvalue weighted by atomic mass is 35.5. The third-order valence-electron chi connectivity index (χ3n) is 5.04. The number of benzene rings is 2. The van der Waals surface area contributed by atoms with Gasteiger partial charge in [0.05, 0.1) is 22.0 Å². The van der Waals surface area contributed by atoms with Crippen molar-refractivity contribution in [3.05, 3.63) is 86.8 Å². The quantitative estimate of drug-likeness (QED) is 0.467. The molecule has 1 aromatic heterocycles.